The highest BCUT2D eigenvalue weighted by atomic mass is 127. The van der Waals surface area contributed by atoms with Crippen molar-refractivity contribution in [2.75, 3.05) is 20.6 Å². The van der Waals surface area contributed by atoms with Gasteiger partial charge in [-0.15, -0.1) is 24.0 Å². The van der Waals surface area contributed by atoms with Gasteiger partial charge in [0.05, 0.1) is 18.8 Å². The molecule has 0 unspecified atom stereocenters. The molecule has 3 N–H and O–H groups in total. The maximum Gasteiger partial charge on any atom is 0.239 e. The van der Waals surface area contributed by atoms with E-state index >= 15 is 0 Å². The number of guanidine groups is 1. The molecule has 0 atom stereocenters. The maximum absolute atomic E-state index is 11.2. The first-order valence-corrected chi connectivity index (χ1v) is 7.29. The lowest BCUT2D eigenvalue weighted by Gasteiger charge is -2.09. The number of oxazole rings is 1. The van der Waals surface area contributed by atoms with Gasteiger partial charge < -0.3 is 20.4 Å². The highest BCUT2D eigenvalue weighted by Gasteiger charge is 2.07. The van der Waals surface area contributed by atoms with Gasteiger partial charge >= 0.3 is 0 Å². The standard InChI is InChI=1S/C16H21N5O2.HI/c1-11-4-6-12(7-5-11)15-21-13(10-23-15)8-19-16(18-3)20-9-14(22)17-2;/h4-7,10H,8-9H2,1-3H3,(H,17,22)(H2,18,19,20);1H. The number of hydrogen-bond donors (Lipinski definition) is 3. The summed E-state index contributed by atoms with van der Waals surface area (Å²) in [6.45, 7) is 2.64. The predicted molar refractivity (Wildman–Crippen MR) is 104 cm³/mol. The van der Waals surface area contributed by atoms with Crippen LogP contribution >= 0.6 is 24.0 Å². The lowest BCUT2D eigenvalue weighted by Crippen LogP contribution is -2.42. The summed E-state index contributed by atoms with van der Waals surface area (Å²) in [5.74, 6) is 0.986. The van der Waals surface area contributed by atoms with Crippen LogP contribution in [0.25, 0.3) is 11.5 Å². The van der Waals surface area contributed by atoms with E-state index in [2.05, 4.69) is 25.9 Å². The number of hydrogen-bond acceptors (Lipinski definition) is 4. The second kappa shape index (κ2) is 9.91. The molecule has 0 aliphatic carbocycles. The summed E-state index contributed by atoms with van der Waals surface area (Å²) >= 11 is 0. The van der Waals surface area contributed by atoms with E-state index in [1.54, 1.807) is 20.4 Å². The van der Waals surface area contributed by atoms with Crippen LogP contribution in [-0.4, -0.2) is 37.5 Å². The quantitative estimate of drug-likeness (QED) is 0.372. The van der Waals surface area contributed by atoms with Crippen LogP contribution in [0.3, 0.4) is 0 Å². The van der Waals surface area contributed by atoms with Gasteiger partial charge in [0, 0.05) is 19.7 Å². The van der Waals surface area contributed by atoms with E-state index in [1.165, 1.54) is 5.56 Å². The fraction of sp³-hybridized carbons (Fsp3) is 0.312. The number of carbonyl (C=O) groups excluding carboxylic acids is 1. The average molecular weight is 443 g/mol. The summed E-state index contributed by atoms with van der Waals surface area (Å²) in [4.78, 5) is 19.7. The summed E-state index contributed by atoms with van der Waals surface area (Å²) in [5.41, 5.74) is 2.88. The van der Waals surface area contributed by atoms with Gasteiger partial charge in [-0.2, -0.15) is 0 Å². The van der Waals surface area contributed by atoms with Crippen LogP contribution in [0, 0.1) is 6.92 Å². The van der Waals surface area contributed by atoms with E-state index in [-0.39, 0.29) is 36.4 Å². The zero-order valence-corrected chi connectivity index (χ0v) is 16.3. The summed E-state index contributed by atoms with van der Waals surface area (Å²) in [5, 5.41) is 8.51. The number of benzene rings is 1. The number of nitrogens with zero attached hydrogens (tertiary/aromatic N) is 2. The molecule has 0 saturated carbocycles. The highest BCUT2D eigenvalue weighted by molar-refractivity contribution is 14.0. The Bertz CT molecular complexity index is 682. The fourth-order valence-electron chi connectivity index (χ4n) is 1.86. The molecule has 0 bridgehead atoms. The van der Waals surface area contributed by atoms with E-state index in [9.17, 15) is 4.79 Å². The Morgan fingerprint density at radius 1 is 1.25 bits per heavy atom. The first-order chi connectivity index (χ1) is 11.1. The molecule has 1 heterocycles. The Hall–Kier alpha value is -2.10. The maximum atomic E-state index is 11.2. The minimum atomic E-state index is -0.115. The van der Waals surface area contributed by atoms with Crippen molar-refractivity contribution in [1.29, 1.82) is 0 Å². The molecule has 7 nitrogen and oxygen atoms in total. The third-order valence-electron chi connectivity index (χ3n) is 3.21. The molecular weight excluding hydrogens is 421 g/mol. The fourth-order valence-corrected chi connectivity index (χ4v) is 1.86. The van der Waals surface area contributed by atoms with Crippen molar-refractivity contribution >= 4 is 35.8 Å². The first-order valence-electron chi connectivity index (χ1n) is 7.29. The van der Waals surface area contributed by atoms with Gasteiger partial charge in [-0.05, 0) is 19.1 Å². The largest absolute Gasteiger partial charge is 0.444 e. The Morgan fingerprint density at radius 3 is 2.58 bits per heavy atom. The molecule has 2 aromatic rings. The summed E-state index contributed by atoms with van der Waals surface area (Å²) in [7, 11) is 3.22. The number of aromatic nitrogens is 1. The second-order valence-electron chi connectivity index (χ2n) is 4.96. The molecule has 0 spiro atoms. The van der Waals surface area contributed by atoms with Gasteiger partial charge in [-0.3, -0.25) is 9.79 Å². The molecule has 0 radical (unpaired) electrons. The average Bonchev–Trinajstić information content (AvgIpc) is 3.04. The van der Waals surface area contributed by atoms with Crippen LogP contribution in [0.4, 0.5) is 0 Å². The van der Waals surface area contributed by atoms with Crippen molar-refractivity contribution in [2.24, 2.45) is 4.99 Å². The first kappa shape index (κ1) is 19.9. The monoisotopic (exact) mass is 443 g/mol. The van der Waals surface area contributed by atoms with Crippen LogP contribution in [0.15, 0.2) is 39.9 Å². The van der Waals surface area contributed by atoms with Crippen molar-refractivity contribution < 1.29 is 9.21 Å². The molecule has 8 heteroatoms. The van der Waals surface area contributed by atoms with Gasteiger partial charge in [-0.1, -0.05) is 17.7 Å². The van der Waals surface area contributed by atoms with E-state index in [0.717, 1.165) is 11.3 Å². The lowest BCUT2D eigenvalue weighted by molar-refractivity contribution is -0.119. The van der Waals surface area contributed by atoms with Gasteiger partial charge in [-0.25, -0.2) is 4.98 Å². The third kappa shape index (κ3) is 5.84. The zero-order chi connectivity index (χ0) is 16.7. The molecule has 0 saturated heterocycles. The number of rotatable bonds is 5. The van der Waals surface area contributed by atoms with E-state index in [4.69, 9.17) is 4.42 Å². The van der Waals surface area contributed by atoms with Crippen molar-refractivity contribution in [1.82, 2.24) is 20.9 Å². The third-order valence-corrected chi connectivity index (χ3v) is 3.21. The summed E-state index contributed by atoms with van der Waals surface area (Å²) in [6.07, 6.45) is 1.61. The number of likely N-dealkylation sites (N-methyl/N-ethyl adjacent to an activating group) is 1. The Kier molecular flexibility index (Phi) is 8.24. The second-order valence-corrected chi connectivity index (χ2v) is 4.96. The molecular formula is C16H22IN5O2. The van der Waals surface area contributed by atoms with E-state index in [1.807, 2.05) is 31.2 Å². The van der Waals surface area contributed by atoms with Crippen LogP contribution in [-0.2, 0) is 11.3 Å². The number of carbonyl (C=O) groups is 1. The molecule has 24 heavy (non-hydrogen) atoms. The molecule has 1 amide bonds. The normalized spacial score (nSPS) is 10.7. The number of aliphatic imine (C=N–C) groups is 1. The minimum absolute atomic E-state index is 0. The number of nitrogens with one attached hydrogen (secondary N) is 3. The van der Waals surface area contributed by atoms with Gasteiger partial charge in [0.25, 0.3) is 0 Å². The SMILES string of the molecule is CN=C(NCC(=O)NC)NCc1coc(-c2ccc(C)cc2)n1.I. The molecule has 2 rings (SSSR count). The summed E-state index contributed by atoms with van der Waals surface area (Å²) < 4.78 is 5.50. The van der Waals surface area contributed by atoms with Crippen LogP contribution in [0.1, 0.15) is 11.3 Å². The van der Waals surface area contributed by atoms with Crippen LogP contribution in [0.5, 0.6) is 0 Å². The van der Waals surface area contributed by atoms with E-state index in [0.29, 0.717) is 18.4 Å². The van der Waals surface area contributed by atoms with Crippen LogP contribution in [0.2, 0.25) is 0 Å². The Morgan fingerprint density at radius 2 is 1.96 bits per heavy atom. The van der Waals surface area contributed by atoms with Crippen LogP contribution < -0.4 is 16.0 Å². The van der Waals surface area contributed by atoms with Crippen molar-refractivity contribution in [2.45, 2.75) is 13.5 Å². The number of aryl methyl sites for hydroxylation is 1. The lowest BCUT2D eigenvalue weighted by atomic mass is 10.1. The Labute approximate surface area is 158 Å². The molecule has 0 fully saturated rings. The smallest absolute Gasteiger partial charge is 0.239 e. The van der Waals surface area contributed by atoms with Crippen molar-refractivity contribution in [3.8, 4) is 11.5 Å². The topological polar surface area (TPSA) is 91.5 Å². The number of amides is 1. The van der Waals surface area contributed by atoms with Gasteiger partial charge in [0.1, 0.15) is 6.26 Å². The predicted octanol–water partition coefficient (Wildman–Crippen LogP) is 1.68. The van der Waals surface area contributed by atoms with E-state index < -0.39 is 0 Å². The molecule has 1 aromatic carbocycles. The number of halogens is 1. The van der Waals surface area contributed by atoms with Crippen molar-refractivity contribution in [3.05, 3.63) is 41.8 Å². The van der Waals surface area contributed by atoms with Gasteiger partial charge in [0.2, 0.25) is 11.8 Å². The molecule has 0 aliphatic heterocycles. The highest BCUT2D eigenvalue weighted by Crippen LogP contribution is 2.18. The zero-order valence-electron chi connectivity index (χ0n) is 13.9. The van der Waals surface area contributed by atoms with Gasteiger partial charge in [0.15, 0.2) is 5.96 Å². The van der Waals surface area contributed by atoms with Crippen molar-refractivity contribution in [3.63, 3.8) is 0 Å². The Balaban J connectivity index is 0.00000288. The summed E-state index contributed by atoms with van der Waals surface area (Å²) in [6, 6.07) is 7.98. The molecule has 1 aromatic heterocycles. The molecule has 130 valence electrons. The minimum Gasteiger partial charge on any atom is -0.444 e. The molecule has 0 aliphatic rings.